The molecule has 7 atom stereocenters. The molecule has 0 aliphatic heterocycles. The molecule has 0 aromatic heterocycles. The minimum atomic E-state index is -0.605. The van der Waals surface area contributed by atoms with Crippen LogP contribution in [-0.4, -0.2) is 16.9 Å². The maximum atomic E-state index is 12.8. The predicted molar refractivity (Wildman–Crippen MR) is 134 cm³/mol. The highest BCUT2D eigenvalue weighted by Gasteiger charge is 2.66. The molecule has 0 radical (unpaired) electrons. The molecular formula is C30H46O3. The van der Waals surface area contributed by atoms with Gasteiger partial charge in [0.2, 0.25) is 0 Å². The van der Waals surface area contributed by atoms with Gasteiger partial charge in [-0.3, -0.25) is 9.59 Å². The van der Waals surface area contributed by atoms with Gasteiger partial charge >= 0.3 is 5.97 Å². The van der Waals surface area contributed by atoms with Crippen LogP contribution < -0.4 is 0 Å². The molecule has 4 aliphatic rings. The average Bonchev–Trinajstić information content (AvgIpc) is 3.00. The van der Waals surface area contributed by atoms with E-state index in [1.807, 2.05) is 0 Å². The number of aliphatic carboxylic acids is 1. The summed E-state index contributed by atoms with van der Waals surface area (Å²) in [5.41, 5.74) is 2.94. The Kier molecular flexibility index (Phi) is 6.07. The highest BCUT2D eigenvalue weighted by Crippen LogP contribution is 2.73. The molecule has 3 saturated carbocycles. The van der Waals surface area contributed by atoms with Gasteiger partial charge in [0.1, 0.15) is 5.78 Å². The summed E-state index contributed by atoms with van der Waals surface area (Å²) in [6, 6.07) is 0. The van der Waals surface area contributed by atoms with E-state index in [-0.39, 0.29) is 33.5 Å². The molecule has 33 heavy (non-hydrogen) atoms. The van der Waals surface area contributed by atoms with E-state index in [9.17, 15) is 14.7 Å². The second-order valence-corrected chi connectivity index (χ2v) is 13.4. The summed E-state index contributed by atoms with van der Waals surface area (Å²) in [5.74, 6) is 0.766. The summed E-state index contributed by atoms with van der Waals surface area (Å²) < 4.78 is 0. The number of hydrogen-bond acceptors (Lipinski definition) is 2. The molecule has 3 heteroatoms. The molecule has 0 saturated heterocycles. The second kappa shape index (κ2) is 8.09. The smallest absolute Gasteiger partial charge is 0.306 e. The summed E-state index contributed by atoms with van der Waals surface area (Å²) >= 11 is 0. The Morgan fingerprint density at radius 2 is 1.82 bits per heavy atom. The lowest BCUT2D eigenvalue weighted by Crippen LogP contribution is -2.57. The standard InChI is InChI=1S/C30H46O3/c1-19(2)9-8-10-20(26(32)33)21-13-17-30(7)23-11-12-24-27(3,4)25(31)15-16-28(24,5)22(23)14-18-29(21,30)6/h9,11,20-22,24H,8,10,12-18H2,1-7H3,(H,32,33)/t20-,21-,22+,24-,28+,29-,30+/m0/s1. The van der Waals surface area contributed by atoms with Gasteiger partial charge < -0.3 is 5.11 Å². The maximum absolute atomic E-state index is 12.8. The molecule has 0 bridgehead atoms. The van der Waals surface area contributed by atoms with Gasteiger partial charge in [-0.1, -0.05) is 57.9 Å². The monoisotopic (exact) mass is 454 g/mol. The minimum Gasteiger partial charge on any atom is -0.481 e. The van der Waals surface area contributed by atoms with Crippen LogP contribution in [0.25, 0.3) is 0 Å². The van der Waals surface area contributed by atoms with Crippen molar-refractivity contribution in [1.29, 1.82) is 0 Å². The number of carbonyl (C=O) groups excluding carboxylic acids is 1. The summed E-state index contributed by atoms with van der Waals surface area (Å²) in [6.45, 7) is 15.9. The van der Waals surface area contributed by atoms with Crippen LogP contribution in [0.5, 0.6) is 0 Å². The van der Waals surface area contributed by atoms with Crippen LogP contribution in [0.2, 0.25) is 0 Å². The number of carboxylic acid groups (broad SMARTS) is 1. The van der Waals surface area contributed by atoms with Crippen molar-refractivity contribution in [3.8, 4) is 0 Å². The molecule has 0 aromatic rings. The zero-order valence-electron chi connectivity index (χ0n) is 22.1. The van der Waals surface area contributed by atoms with Crippen molar-refractivity contribution in [3.05, 3.63) is 23.3 Å². The lowest BCUT2D eigenvalue weighted by molar-refractivity contribution is -0.149. The van der Waals surface area contributed by atoms with E-state index in [4.69, 9.17) is 0 Å². The lowest BCUT2D eigenvalue weighted by atomic mass is 9.41. The topological polar surface area (TPSA) is 54.4 Å². The third kappa shape index (κ3) is 3.50. The minimum absolute atomic E-state index is 0.0343. The first-order valence-electron chi connectivity index (χ1n) is 13.4. The van der Waals surface area contributed by atoms with Crippen LogP contribution in [0.3, 0.4) is 0 Å². The van der Waals surface area contributed by atoms with E-state index in [2.05, 4.69) is 60.6 Å². The molecular weight excluding hydrogens is 408 g/mol. The van der Waals surface area contributed by atoms with Crippen molar-refractivity contribution in [2.75, 3.05) is 0 Å². The third-order valence-corrected chi connectivity index (χ3v) is 11.5. The molecule has 0 spiro atoms. The van der Waals surface area contributed by atoms with Crippen LogP contribution in [0.15, 0.2) is 23.3 Å². The van der Waals surface area contributed by atoms with Crippen molar-refractivity contribution >= 4 is 11.8 Å². The van der Waals surface area contributed by atoms with Crippen molar-refractivity contribution in [3.63, 3.8) is 0 Å². The van der Waals surface area contributed by atoms with Crippen molar-refractivity contribution in [1.82, 2.24) is 0 Å². The Bertz CT molecular complexity index is 890. The second-order valence-electron chi connectivity index (χ2n) is 13.4. The van der Waals surface area contributed by atoms with E-state index in [1.165, 1.54) is 5.57 Å². The van der Waals surface area contributed by atoms with Crippen LogP contribution in [-0.2, 0) is 9.59 Å². The molecule has 3 nitrogen and oxygen atoms in total. The predicted octanol–water partition coefficient (Wildman–Crippen LogP) is 7.61. The summed E-state index contributed by atoms with van der Waals surface area (Å²) in [4.78, 5) is 25.2. The molecule has 1 N–H and O–H groups in total. The van der Waals surface area contributed by atoms with E-state index < -0.39 is 5.97 Å². The highest BCUT2D eigenvalue weighted by atomic mass is 16.4. The summed E-state index contributed by atoms with van der Waals surface area (Å²) in [5, 5.41) is 10.2. The fourth-order valence-corrected chi connectivity index (χ4v) is 9.25. The number of ketones is 1. The molecule has 0 aromatic carbocycles. The first kappa shape index (κ1) is 24.7. The molecule has 0 unspecified atom stereocenters. The quantitative estimate of drug-likeness (QED) is 0.435. The van der Waals surface area contributed by atoms with Crippen molar-refractivity contribution < 1.29 is 14.7 Å². The number of allylic oxidation sites excluding steroid dienone is 4. The Hall–Kier alpha value is -1.38. The summed E-state index contributed by atoms with van der Waals surface area (Å²) in [6.07, 6.45) is 13.4. The van der Waals surface area contributed by atoms with Gasteiger partial charge in [0.25, 0.3) is 0 Å². The van der Waals surface area contributed by atoms with Crippen molar-refractivity contribution in [2.45, 2.75) is 106 Å². The van der Waals surface area contributed by atoms with Gasteiger partial charge in [-0.15, -0.1) is 0 Å². The summed E-state index contributed by atoms with van der Waals surface area (Å²) in [7, 11) is 0. The molecule has 0 heterocycles. The van der Waals surface area contributed by atoms with Gasteiger partial charge in [0.05, 0.1) is 5.92 Å². The van der Waals surface area contributed by atoms with Crippen LogP contribution >= 0.6 is 0 Å². The molecule has 3 fully saturated rings. The zero-order valence-corrected chi connectivity index (χ0v) is 22.1. The number of carbonyl (C=O) groups is 2. The van der Waals surface area contributed by atoms with Crippen LogP contribution in [0.4, 0.5) is 0 Å². The Morgan fingerprint density at radius 3 is 2.45 bits per heavy atom. The molecule has 0 amide bonds. The Labute approximate surface area is 201 Å². The SMILES string of the molecule is CC(C)=CCC[C@H](C(=O)O)[C@@H]1CC[C@]2(C)C3=CC[C@H]4C(C)(C)C(=O)CC[C@]4(C)[C@@H]3CC[C@@]12C. The first-order chi connectivity index (χ1) is 15.3. The number of carboxylic acids is 1. The van der Waals surface area contributed by atoms with E-state index in [0.717, 1.165) is 51.4 Å². The van der Waals surface area contributed by atoms with Crippen LogP contribution in [0, 0.1) is 45.3 Å². The fourth-order valence-electron chi connectivity index (χ4n) is 9.25. The zero-order chi connectivity index (χ0) is 24.4. The lowest BCUT2D eigenvalue weighted by Gasteiger charge is -2.63. The Morgan fingerprint density at radius 1 is 1.12 bits per heavy atom. The first-order valence-corrected chi connectivity index (χ1v) is 13.4. The van der Waals surface area contributed by atoms with Gasteiger partial charge in [-0.05, 0) is 99.2 Å². The van der Waals surface area contributed by atoms with Gasteiger partial charge in [0.15, 0.2) is 0 Å². The number of rotatable bonds is 5. The number of fused-ring (bicyclic) bond motifs is 5. The average molecular weight is 455 g/mol. The van der Waals surface area contributed by atoms with E-state index in [1.54, 1.807) is 5.57 Å². The number of hydrogen-bond donors (Lipinski definition) is 1. The maximum Gasteiger partial charge on any atom is 0.306 e. The molecule has 4 aliphatic carbocycles. The Balaban J connectivity index is 1.67. The molecule has 184 valence electrons. The number of Topliss-reactive ketones (excluding diaryl/α,β-unsaturated/α-hetero) is 1. The fraction of sp³-hybridized carbons (Fsp3) is 0.800. The van der Waals surface area contributed by atoms with E-state index in [0.29, 0.717) is 24.0 Å². The van der Waals surface area contributed by atoms with Crippen molar-refractivity contribution in [2.24, 2.45) is 45.3 Å². The largest absolute Gasteiger partial charge is 0.481 e. The van der Waals surface area contributed by atoms with Crippen LogP contribution in [0.1, 0.15) is 106 Å². The highest BCUT2D eigenvalue weighted by molar-refractivity contribution is 5.85. The normalized spacial score (nSPS) is 42.5. The third-order valence-electron chi connectivity index (χ3n) is 11.5. The van der Waals surface area contributed by atoms with Gasteiger partial charge in [-0.2, -0.15) is 0 Å². The van der Waals surface area contributed by atoms with E-state index >= 15 is 0 Å². The molecule has 4 rings (SSSR count). The van der Waals surface area contributed by atoms with Gasteiger partial charge in [-0.25, -0.2) is 0 Å². The van der Waals surface area contributed by atoms with Gasteiger partial charge in [0, 0.05) is 11.8 Å².